The Balaban J connectivity index is 2.65. The van der Waals surface area contributed by atoms with Crippen LogP contribution in [0.15, 0.2) is 24.3 Å². The van der Waals surface area contributed by atoms with Crippen LogP contribution in [-0.4, -0.2) is 4.57 Å². The number of nitrogens with zero attached hydrogens (tertiary/aromatic N) is 2. The maximum absolute atomic E-state index is 9.15. The van der Waals surface area contributed by atoms with E-state index in [1.165, 1.54) is 16.7 Å². The number of hydrogen-bond donors (Lipinski definition) is 0. The summed E-state index contributed by atoms with van der Waals surface area (Å²) < 4.78 is 2.10. The minimum Gasteiger partial charge on any atom is -0.347 e. The number of aryl methyl sites for hydroxylation is 1. The molecule has 0 bridgehead atoms. The normalized spacial score (nSPS) is 10.8. The van der Waals surface area contributed by atoms with Crippen molar-refractivity contribution in [3.63, 3.8) is 0 Å². The Labute approximate surface area is 115 Å². The zero-order valence-electron chi connectivity index (χ0n) is 12.3. The first-order valence-electron chi connectivity index (χ1n) is 6.63. The van der Waals surface area contributed by atoms with Crippen LogP contribution in [0.2, 0.25) is 0 Å². The Bertz CT molecular complexity index is 655. The third-order valence-electron chi connectivity index (χ3n) is 3.86. The zero-order chi connectivity index (χ0) is 14.2. The van der Waals surface area contributed by atoms with Crippen LogP contribution in [-0.2, 0) is 7.05 Å². The summed E-state index contributed by atoms with van der Waals surface area (Å²) in [5.74, 6) is 0.510. The van der Waals surface area contributed by atoms with Crippen molar-refractivity contribution >= 4 is 0 Å². The van der Waals surface area contributed by atoms with Gasteiger partial charge in [-0.25, -0.2) is 0 Å². The predicted molar refractivity (Wildman–Crippen MR) is 79.1 cm³/mol. The maximum Gasteiger partial charge on any atom is 0.101 e. The van der Waals surface area contributed by atoms with E-state index in [0.717, 1.165) is 17.0 Å². The lowest BCUT2D eigenvalue weighted by atomic mass is 9.96. The van der Waals surface area contributed by atoms with Gasteiger partial charge in [-0.3, -0.25) is 0 Å². The molecule has 0 aliphatic heterocycles. The second kappa shape index (κ2) is 4.93. The Hall–Kier alpha value is -2.01. The fourth-order valence-corrected chi connectivity index (χ4v) is 2.35. The highest BCUT2D eigenvalue weighted by atomic mass is 15.0. The molecule has 0 fully saturated rings. The number of hydrogen-bond acceptors (Lipinski definition) is 1. The highest BCUT2D eigenvalue weighted by Gasteiger charge is 2.13. The first-order valence-corrected chi connectivity index (χ1v) is 6.63. The van der Waals surface area contributed by atoms with E-state index in [1.807, 2.05) is 20.0 Å². The largest absolute Gasteiger partial charge is 0.347 e. The van der Waals surface area contributed by atoms with Gasteiger partial charge in [0.2, 0.25) is 0 Å². The lowest BCUT2D eigenvalue weighted by Gasteiger charge is -2.12. The zero-order valence-corrected chi connectivity index (χ0v) is 12.3. The number of aromatic nitrogens is 1. The van der Waals surface area contributed by atoms with Crippen LogP contribution in [0.1, 0.15) is 42.1 Å². The molecule has 0 atom stereocenters. The molecule has 0 unspecified atom stereocenters. The van der Waals surface area contributed by atoms with Gasteiger partial charge in [-0.05, 0) is 43.0 Å². The Morgan fingerprint density at radius 3 is 2.37 bits per heavy atom. The average Bonchev–Trinajstić information content (AvgIpc) is 2.66. The molecule has 0 N–H and O–H groups in total. The molecule has 1 heterocycles. The molecule has 0 aliphatic rings. The highest BCUT2D eigenvalue weighted by Crippen LogP contribution is 2.30. The summed E-state index contributed by atoms with van der Waals surface area (Å²) in [5, 5.41) is 9.15. The standard InChI is InChI=1S/C17H20N2/c1-11(2)14-7-6-12(3)16(8-14)17-9-15(10-18)13(4)19(17)5/h6-9,11H,1-5H3. The van der Waals surface area contributed by atoms with Crippen molar-refractivity contribution < 1.29 is 0 Å². The fraction of sp³-hybridized carbons (Fsp3) is 0.353. The first kappa shape index (κ1) is 13.4. The molecule has 98 valence electrons. The van der Waals surface area contributed by atoms with Crippen molar-refractivity contribution in [1.82, 2.24) is 4.57 Å². The van der Waals surface area contributed by atoms with Gasteiger partial charge in [0.15, 0.2) is 0 Å². The summed E-state index contributed by atoms with van der Waals surface area (Å²) in [6.45, 7) is 8.51. The van der Waals surface area contributed by atoms with Crippen molar-refractivity contribution in [3.8, 4) is 17.3 Å². The summed E-state index contributed by atoms with van der Waals surface area (Å²) in [7, 11) is 2.02. The summed E-state index contributed by atoms with van der Waals surface area (Å²) in [6, 6.07) is 10.8. The minimum atomic E-state index is 0.510. The minimum absolute atomic E-state index is 0.510. The molecule has 2 aromatic rings. The van der Waals surface area contributed by atoms with Crippen molar-refractivity contribution in [3.05, 3.63) is 46.6 Å². The van der Waals surface area contributed by atoms with E-state index in [4.69, 9.17) is 5.26 Å². The lowest BCUT2D eigenvalue weighted by molar-refractivity contribution is 0.862. The van der Waals surface area contributed by atoms with Crippen LogP contribution in [0.5, 0.6) is 0 Å². The Morgan fingerprint density at radius 2 is 1.84 bits per heavy atom. The Kier molecular flexibility index (Phi) is 3.48. The molecule has 0 aliphatic carbocycles. The van der Waals surface area contributed by atoms with Crippen LogP contribution >= 0.6 is 0 Å². The maximum atomic E-state index is 9.15. The van der Waals surface area contributed by atoms with Gasteiger partial charge in [-0.2, -0.15) is 5.26 Å². The van der Waals surface area contributed by atoms with Crippen LogP contribution in [0, 0.1) is 25.2 Å². The van der Waals surface area contributed by atoms with E-state index in [2.05, 4.69) is 49.6 Å². The number of benzene rings is 1. The average molecular weight is 252 g/mol. The van der Waals surface area contributed by atoms with Gasteiger partial charge >= 0.3 is 0 Å². The third-order valence-corrected chi connectivity index (χ3v) is 3.86. The van der Waals surface area contributed by atoms with Crippen LogP contribution in [0.25, 0.3) is 11.3 Å². The highest BCUT2D eigenvalue weighted by molar-refractivity contribution is 5.68. The molecule has 1 aromatic carbocycles. The van der Waals surface area contributed by atoms with Gasteiger partial charge in [0, 0.05) is 24.0 Å². The monoisotopic (exact) mass is 252 g/mol. The van der Waals surface area contributed by atoms with Gasteiger partial charge in [-0.15, -0.1) is 0 Å². The molecule has 0 saturated carbocycles. The number of rotatable bonds is 2. The van der Waals surface area contributed by atoms with Gasteiger partial charge < -0.3 is 4.57 Å². The second-order valence-corrected chi connectivity index (χ2v) is 5.43. The van der Waals surface area contributed by atoms with Crippen LogP contribution in [0.3, 0.4) is 0 Å². The number of nitriles is 1. The smallest absolute Gasteiger partial charge is 0.101 e. The molecule has 2 nitrogen and oxygen atoms in total. The van der Waals surface area contributed by atoms with Crippen molar-refractivity contribution in [2.24, 2.45) is 7.05 Å². The summed E-state index contributed by atoms with van der Waals surface area (Å²) in [5.41, 5.74) is 6.69. The molecular formula is C17H20N2. The van der Waals surface area contributed by atoms with Gasteiger partial charge in [0.05, 0.1) is 5.56 Å². The molecule has 2 heteroatoms. The van der Waals surface area contributed by atoms with Crippen molar-refractivity contribution in [2.45, 2.75) is 33.6 Å². The summed E-state index contributed by atoms with van der Waals surface area (Å²) in [4.78, 5) is 0. The van der Waals surface area contributed by atoms with E-state index in [-0.39, 0.29) is 0 Å². The SMILES string of the molecule is Cc1ccc(C(C)C)cc1-c1cc(C#N)c(C)n1C. The van der Waals surface area contributed by atoms with Crippen LogP contribution in [0.4, 0.5) is 0 Å². The first-order chi connectivity index (χ1) is 8.95. The fourth-order valence-electron chi connectivity index (χ4n) is 2.35. The predicted octanol–water partition coefficient (Wildman–Crippen LogP) is 4.30. The quantitative estimate of drug-likeness (QED) is 0.783. The molecule has 0 saturated heterocycles. The summed E-state index contributed by atoms with van der Waals surface area (Å²) in [6.07, 6.45) is 0. The van der Waals surface area contributed by atoms with Gasteiger partial charge in [0.1, 0.15) is 6.07 Å². The molecule has 19 heavy (non-hydrogen) atoms. The molecule has 0 amide bonds. The van der Waals surface area contributed by atoms with Gasteiger partial charge in [-0.1, -0.05) is 26.0 Å². The second-order valence-electron chi connectivity index (χ2n) is 5.43. The van der Waals surface area contributed by atoms with Crippen molar-refractivity contribution in [2.75, 3.05) is 0 Å². The molecular weight excluding hydrogens is 232 g/mol. The third kappa shape index (κ3) is 2.29. The van der Waals surface area contributed by atoms with E-state index >= 15 is 0 Å². The van der Waals surface area contributed by atoms with Crippen LogP contribution < -0.4 is 0 Å². The van der Waals surface area contributed by atoms with E-state index in [1.54, 1.807) is 0 Å². The summed E-state index contributed by atoms with van der Waals surface area (Å²) >= 11 is 0. The molecule has 0 spiro atoms. The lowest BCUT2D eigenvalue weighted by Crippen LogP contribution is -1.97. The Morgan fingerprint density at radius 1 is 1.16 bits per heavy atom. The van der Waals surface area contributed by atoms with E-state index in [0.29, 0.717) is 5.92 Å². The van der Waals surface area contributed by atoms with E-state index in [9.17, 15) is 0 Å². The van der Waals surface area contributed by atoms with Gasteiger partial charge in [0.25, 0.3) is 0 Å². The van der Waals surface area contributed by atoms with E-state index < -0.39 is 0 Å². The molecule has 2 rings (SSSR count). The van der Waals surface area contributed by atoms with Crippen molar-refractivity contribution in [1.29, 1.82) is 5.26 Å². The molecule has 0 radical (unpaired) electrons. The molecule has 1 aromatic heterocycles. The topological polar surface area (TPSA) is 28.7 Å².